The van der Waals surface area contributed by atoms with Crippen molar-refractivity contribution in [2.45, 2.75) is 9.92 Å². The van der Waals surface area contributed by atoms with Crippen LogP contribution >= 0.6 is 0 Å². The molecule has 1 aliphatic heterocycles. The smallest absolute Gasteiger partial charge is 0.238 e. The van der Waals surface area contributed by atoms with Gasteiger partial charge in [0.05, 0.1) is 4.90 Å². The molecule has 7 nitrogen and oxygen atoms in total. The van der Waals surface area contributed by atoms with E-state index in [1.165, 1.54) is 12.1 Å². The Bertz CT molecular complexity index is 1320. The number of hydrogen-bond acceptors (Lipinski definition) is 7. The number of rotatable bonds is 5. The third-order valence-corrected chi connectivity index (χ3v) is 6.39. The molecule has 1 aromatic heterocycles. The second-order valence-electron chi connectivity index (χ2n) is 6.82. The molecule has 31 heavy (non-hydrogen) atoms. The van der Waals surface area contributed by atoms with Gasteiger partial charge in [-0.05, 0) is 36.4 Å². The monoisotopic (exact) mass is 434 g/mol. The maximum Gasteiger partial charge on any atom is 0.238 e. The molecule has 0 bridgehead atoms. The van der Waals surface area contributed by atoms with Gasteiger partial charge in [-0.3, -0.25) is 0 Å². The van der Waals surface area contributed by atoms with Crippen molar-refractivity contribution >= 4 is 21.4 Å². The molecule has 0 fully saturated rings. The molecule has 0 saturated heterocycles. The highest BCUT2D eigenvalue weighted by Gasteiger charge is 2.30. The van der Waals surface area contributed by atoms with Gasteiger partial charge in [0.2, 0.25) is 26.6 Å². The van der Waals surface area contributed by atoms with Crippen molar-refractivity contribution in [1.29, 1.82) is 0 Å². The first-order valence-electron chi connectivity index (χ1n) is 9.64. The number of oxazole rings is 1. The number of hydrogen-bond donors (Lipinski definition) is 1. The van der Waals surface area contributed by atoms with E-state index in [1.54, 1.807) is 18.2 Å². The van der Waals surface area contributed by atoms with E-state index < -0.39 is 9.84 Å². The average molecular weight is 434 g/mol. The number of nitrogens with zero attached hydrogens (tertiary/aromatic N) is 1. The molecule has 156 valence electrons. The number of para-hydroxylation sites is 1. The van der Waals surface area contributed by atoms with Crippen LogP contribution in [0.1, 0.15) is 0 Å². The molecule has 0 aliphatic carbocycles. The SMILES string of the molecule is O=S(=O)(c1ccc2c(c1)OCCO2)c1nc(-c2ccccc2)oc1Nc1ccccc1. The molecule has 0 radical (unpaired) electrons. The zero-order valence-corrected chi connectivity index (χ0v) is 17.1. The quantitative estimate of drug-likeness (QED) is 0.487. The van der Waals surface area contributed by atoms with Crippen molar-refractivity contribution < 1.29 is 22.3 Å². The van der Waals surface area contributed by atoms with Gasteiger partial charge in [0, 0.05) is 17.3 Å². The van der Waals surface area contributed by atoms with Crippen molar-refractivity contribution in [2.75, 3.05) is 18.5 Å². The van der Waals surface area contributed by atoms with Crippen molar-refractivity contribution in [1.82, 2.24) is 4.98 Å². The molecule has 0 unspecified atom stereocenters. The summed E-state index contributed by atoms with van der Waals surface area (Å²) in [6, 6.07) is 22.8. The predicted molar refractivity (Wildman–Crippen MR) is 115 cm³/mol. The number of sulfone groups is 1. The predicted octanol–water partition coefficient (Wildman–Crippen LogP) is 4.69. The van der Waals surface area contributed by atoms with Crippen LogP contribution in [0.25, 0.3) is 11.5 Å². The van der Waals surface area contributed by atoms with Gasteiger partial charge in [-0.15, -0.1) is 0 Å². The van der Waals surface area contributed by atoms with Crippen LogP contribution in [-0.2, 0) is 9.84 Å². The largest absolute Gasteiger partial charge is 0.486 e. The average Bonchev–Trinajstić information content (AvgIpc) is 3.24. The van der Waals surface area contributed by atoms with Crippen LogP contribution in [-0.4, -0.2) is 26.6 Å². The van der Waals surface area contributed by atoms with Crippen LogP contribution in [0.15, 0.2) is 93.2 Å². The Labute approximate surface area is 179 Å². The van der Waals surface area contributed by atoms with Gasteiger partial charge < -0.3 is 19.2 Å². The van der Waals surface area contributed by atoms with Crippen molar-refractivity contribution in [3.05, 3.63) is 78.9 Å². The van der Waals surface area contributed by atoms with E-state index >= 15 is 0 Å². The Hall–Kier alpha value is -3.78. The Kier molecular flexibility index (Phi) is 4.83. The van der Waals surface area contributed by atoms with Gasteiger partial charge in [0.15, 0.2) is 11.5 Å². The fourth-order valence-corrected chi connectivity index (χ4v) is 4.50. The second-order valence-corrected chi connectivity index (χ2v) is 8.68. The summed E-state index contributed by atoms with van der Waals surface area (Å²) >= 11 is 0. The van der Waals surface area contributed by atoms with Crippen LogP contribution in [0.4, 0.5) is 11.6 Å². The molecular weight excluding hydrogens is 416 g/mol. The summed E-state index contributed by atoms with van der Waals surface area (Å²) in [5.74, 6) is 1.14. The van der Waals surface area contributed by atoms with E-state index in [1.807, 2.05) is 48.5 Å². The van der Waals surface area contributed by atoms with Gasteiger partial charge in [-0.25, -0.2) is 8.42 Å². The van der Waals surface area contributed by atoms with E-state index in [2.05, 4.69) is 10.3 Å². The van der Waals surface area contributed by atoms with Crippen LogP contribution in [0.3, 0.4) is 0 Å². The van der Waals surface area contributed by atoms with Crippen LogP contribution in [0, 0.1) is 0 Å². The molecule has 1 aliphatic rings. The number of fused-ring (bicyclic) bond motifs is 1. The third kappa shape index (κ3) is 3.73. The zero-order valence-electron chi connectivity index (χ0n) is 16.3. The highest BCUT2D eigenvalue weighted by molar-refractivity contribution is 7.91. The number of anilines is 2. The van der Waals surface area contributed by atoms with Crippen molar-refractivity contribution in [2.24, 2.45) is 0 Å². The molecule has 1 N–H and O–H groups in total. The molecule has 0 saturated carbocycles. The topological polar surface area (TPSA) is 90.7 Å². The first-order chi connectivity index (χ1) is 15.1. The minimum Gasteiger partial charge on any atom is -0.486 e. The summed E-state index contributed by atoms with van der Waals surface area (Å²) in [6.07, 6.45) is 0. The Morgan fingerprint density at radius 2 is 1.48 bits per heavy atom. The van der Waals surface area contributed by atoms with Gasteiger partial charge in [0.25, 0.3) is 0 Å². The number of aromatic nitrogens is 1. The van der Waals surface area contributed by atoms with E-state index in [-0.39, 0.29) is 21.7 Å². The lowest BCUT2D eigenvalue weighted by atomic mass is 10.2. The summed E-state index contributed by atoms with van der Waals surface area (Å²) < 4.78 is 43.9. The zero-order chi connectivity index (χ0) is 21.3. The van der Waals surface area contributed by atoms with Crippen LogP contribution in [0.5, 0.6) is 11.5 Å². The van der Waals surface area contributed by atoms with Gasteiger partial charge in [-0.1, -0.05) is 36.4 Å². The van der Waals surface area contributed by atoms with E-state index in [0.717, 1.165) is 0 Å². The van der Waals surface area contributed by atoms with Crippen molar-refractivity contribution in [3.8, 4) is 23.0 Å². The summed E-state index contributed by atoms with van der Waals surface area (Å²) in [4.78, 5) is 4.39. The standard InChI is InChI=1S/C23H18N2O5S/c26-31(27,18-11-12-19-20(15-18)29-14-13-28-19)23-22(24-17-9-5-2-6-10-17)30-21(25-23)16-7-3-1-4-8-16/h1-12,15,24H,13-14H2. The lowest BCUT2D eigenvalue weighted by molar-refractivity contribution is 0.171. The highest BCUT2D eigenvalue weighted by atomic mass is 32.2. The van der Waals surface area contributed by atoms with Crippen LogP contribution < -0.4 is 14.8 Å². The molecule has 8 heteroatoms. The lowest BCUT2D eigenvalue weighted by Gasteiger charge is -2.18. The Morgan fingerprint density at radius 3 is 2.23 bits per heavy atom. The fraction of sp³-hybridized carbons (Fsp3) is 0.0870. The first kappa shape index (κ1) is 19.2. The second kappa shape index (κ2) is 7.81. The Morgan fingerprint density at radius 1 is 0.806 bits per heavy atom. The molecule has 4 aromatic rings. The lowest BCUT2D eigenvalue weighted by Crippen LogP contribution is -2.16. The molecule has 3 aromatic carbocycles. The molecule has 5 rings (SSSR count). The molecule has 0 spiro atoms. The fourth-order valence-electron chi connectivity index (χ4n) is 3.23. The minimum atomic E-state index is -4.01. The van der Waals surface area contributed by atoms with E-state index in [4.69, 9.17) is 13.9 Å². The van der Waals surface area contributed by atoms with Gasteiger partial charge in [-0.2, -0.15) is 4.98 Å². The normalized spacial score (nSPS) is 13.0. The molecule has 0 atom stereocenters. The number of benzene rings is 3. The van der Waals surface area contributed by atoms with Gasteiger partial charge in [0.1, 0.15) is 13.2 Å². The van der Waals surface area contributed by atoms with Gasteiger partial charge >= 0.3 is 0 Å². The van der Waals surface area contributed by atoms with E-state index in [9.17, 15) is 8.42 Å². The van der Waals surface area contributed by atoms with Crippen LogP contribution in [0.2, 0.25) is 0 Å². The highest BCUT2D eigenvalue weighted by Crippen LogP contribution is 2.37. The summed E-state index contributed by atoms with van der Waals surface area (Å²) in [5.41, 5.74) is 1.35. The maximum absolute atomic E-state index is 13.5. The third-order valence-electron chi connectivity index (χ3n) is 4.73. The molecular formula is C23H18N2O5S. The Balaban J connectivity index is 1.61. The summed E-state index contributed by atoms with van der Waals surface area (Å²) in [5, 5.41) is 2.83. The summed E-state index contributed by atoms with van der Waals surface area (Å²) in [6.45, 7) is 0.785. The molecule has 0 amide bonds. The first-order valence-corrected chi connectivity index (χ1v) is 11.1. The van der Waals surface area contributed by atoms with Crippen molar-refractivity contribution in [3.63, 3.8) is 0 Å². The summed E-state index contributed by atoms with van der Waals surface area (Å²) in [7, 11) is -4.01. The van der Waals surface area contributed by atoms with E-state index in [0.29, 0.717) is 36.0 Å². The molecule has 2 heterocycles. The number of ether oxygens (including phenoxy) is 2. The minimum absolute atomic E-state index is 0.0416. The maximum atomic E-state index is 13.5. The number of nitrogens with one attached hydrogen (secondary N) is 1.